The number of halogens is 1. The van der Waals surface area contributed by atoms with E-state index in [1.54, 1.807) is 35.2 Å². The molecule has 1 aliphatic carbocycles. The van der Waals surface area contributed by atoms with Gasteiger partial charge in [0.05, 0.1) is 17.0 Å². The van der Waals surface area contributed by atoms with Crippen molar-refractivity contribution >= 4 is 23.2 Å². The Hall–Kier alpha value is -3.80. The van der Waals surface area contributed by atoms with E-state index in [1.165, 1.54) is 18.6 Å². The van der Waals surface area contributed by atoms with Crippen LogP contribution in [0.1, 0.15) is 59.2 Å². The number of rotatable bonds is 5. The van der Waals surface area contributed by atoms with Gasteiger partial charge in [-0.15, -0.1) is 0 Å². The van der Waals surface area contributed by atoms with Gasteiger partial charge in [-0.25, -0.2) is 9.38 Å². The van der Waals surface area contributed by atoms with Crippen LogP contribution in [-0.4, -0.2) is 34.5 Å². The Bertz CT molecular complexity index is 1280. The first kappa shape index (κ1) is 23.9. The van der Waals surface area contributed by atoms with E-state index in [-0.39, 0.29) is 30.2 Å². The normalized spacial score (nSPS) is 18.3. The fraction of sp³-hybridized carbons (Fsp3) is 0.300. The quantitative estimate of drug-likeness (QED) is 0.504. The molecule has 2 aliphatic rings. The molecule has 5 rings (SSSR count). The first-order valence-corrected chi connectivity index (χ1v) is 12.6. The second-order valence-corrected chi connectivity index (χ2v) is 9.69. The number of para-hydroxylation sites is 1. The van der Waals surface area contributed by atoms with Gasteiger partial charge in [0.2, 0.25) is 5.91 Å². The van der Waals surface area contributed by atoms with Crippen molar-refractivity contribution in [1.29, 1.82) is 0 Å². The molecule has 1 atom stereocenters. The third-order valence-electron chi connectivity index (χ3n) is 7.02. The van der Waals surface area contributed by atoms with Crippen molar-refractivity contribution in [2.75, 3.05) is 0 Å². The van der Waals surface area contributed by atoms with Gasteiger partial charge in [-0.3, -0.25) is 9.59 Å². The van der Waals surface area contributed by atoms with Gasteiger partial charge in [-0.1, -0.05) is 73.4 Å². The minimum atomic E-state index is -0.960. The van der Waals surface area contributed by atoms with Gasteiger partial charge in [0.25, 0.3) is 5.91 Å². The molecule has 1 fully saturated rings. The maximum atomic E-state index is 14.0. The summed E-state index contributed by atoms with van der Waals surface area (Å²) in [5, 5.41) is 3.21. The number of aryl methyl sites for hydroxylation is 1. The highest BCUT2D eigenvalue weighted by Crippen LogP contribution is 2.30. The summed E-state index contributed by atoms with van der Waals surface area (Å²) in [5.41, 5.74) is 4.03. The number of aliphatic imine (C=N–C) groups is 1. The van der Waals surface area contributed by atoms with Crippen molar-refractivity contribution in [3.05, 3.63) is 101 Å². The van der Waals surface area contributed by atoms with Crippen LogP contribution < -0.4 is 5.32 Å². The van der Waals surface area contributed by atoms with Gasteiger partial charge in [0.1, 0.15) is 5.82 Å². The van der Waals surface area contributed by atoms with Crippen LogP contribution in [-0.2, 0) is 11.3 Å². The number of hydrogen-bond acceptors (Lipinski definition) is 3. The molecule has 0 radical (unpaired) electrons. The van der Waals surface area contributed by atoms with Gasteiger partial charge < -0.3 is 10.2 Å². The summed E-state index contributed by atoms with van der Waals surface area (Å²) in [6.45, 7) is 2.26. The van der Waals surface area contributed by atoms with Crippen molar-refractivity contribution < 1.29 is 14.0 Å². The van der Waals surface area contributed by atoms with Crippen molar-refractivity contribution in [1.82, 2.24) is 10.2 Å². The van der Waals surface area contributed by atoms with Crippen molar-refractivity contribution in [2.45, 2.75) is 57.7 Å². The van der Waals surface area contributed by atoms with Crippen LogP contribution in [0.15, 0.2) is 77.8 Å². The fourth-order valence-electron chi connectivity index (χ4n) is 5.05. The van der Waals surface area contributed by atoms with E-state index in [0.717, 1.165) is 36.8 Å². The summed E-state index contributed by atoms with van der Waals surface area (Å²) >= 11 is 0. The maximum Gasteiger partial charge on any atom is 0.257 e. The van der Waals surface area contributed by atoms with Crippen LogP contribution in [0, 0.1) is 12.7 Å². The van der Waals surface area contributed by atoms with Crippen LogP contribution in [0.4, 0.5) is 10.1 Å². The summed E-state index contributed by atoms with van der Waals surface area (Å²) in [6.07, 6.45) is 5.17. The van der Waals surface area contributed by atoms with Crippen LogP contribution in [0.25, 0.3) is 0 Å². The predicted molar refractivity (Wildman–Crippen MR) is 139 cm³/mol. The number of carbonyl (C=O) groups excluding carboxylic acids is 2. The lowest BCUT2D eigenvalue weighted by molar-refractivity contribution is -0.124. The van der Waals surface area contributed by atoms with E-state index in [4.69, 9.17) is 4.99 Å². The zero-order valence-corrected chi connectivity index (χ0v) is 20.4. The number of nitrogens with zero attached hydrogens (tertiary/aromatic N) is 2. The Morgan fingerprint density at radius 3 is 2.39 bits per heavy atom. The van der Waals surface area contributed by atoms with Gasteiger partial charge in [-0.05, 0) is 55.2 Å². The lowest BCUT2D eigenvalue weighted by Gasteiger charge is -2.33. The summed E-state index contributed by atoms with van der Waals surface area (Å²) in [4.78, 5) is 34.4. The minimum Gasteiger partial charge on any atom is -0.351 e. The molecule has 2 amide bonds. The molecule has 5 nitrogen and oxygen atoms in total. The standard InChI is InChI=1S/C30H30FN3O2/c1-20-11-13-21(14-12-20)19-34-28(29(35)32-24-7-3-2-4-8-24)27(22-15-17-23(31)18-16-22)33-26-10-6-5-9-25(26)30(34)36/h5-6,9-18,24,28H,2-4,7-8,19H2,1H3,(H,32,35)/t28-/m0/s1. The average Bonchev–Trinajstić information content (AvgIpc) is 3.01. The molecule has 3 aromatic carbocycles. The van der Waals surface area contributed by atoms with E-state index in [9.17, 15) is 14.0 Å². The van der Waals surface area contributed by atoms with Crippen molar-refractivity contribution in [3.63, 3.8) is 0 Å². The fourth-order valence-corrected chi connectivity index (χ4v) is 5.05. The topological polar surface area (TPSA) is 61.8 Å². The molecule has 184 valence electrons. The number of benzene rings is 3. The SMILES string of the molecule is Cc1ccc(CN2C(=O)c3ccccc3N=C(c3ccc(F)cc3)[C@H]2C(=O)NC2CCCCC2)cc1. The van der Waals surface area contributed by atoms with Crippen LogP contribution in [0.3, 0.4) is 0 Å². The van der Waals surface area contributed by atoms with Gasteiger partial charge >= 0.3 is 0 Å². The highest BCUT2D eigenvalue weighted by molar-refractivity contribution is 6.21. The monoisotopic (exact) mass is 483 g/mol. The van der Waals surface area contributed by atoms with E-state index in [1.807, 2.05) is 37.3 Å². The van der Waals surface area contributed by atoms with Crippen LogP contribution in [0.2, 0.25) is 0 Å². The smallest absolute Gasteiger partial charge is 0.257 e. The van der Waals surface area contributed by atoms with Crippen molar-refractivity contribution in [3.8, 4) is 0 Å². The van der Waals surface area contributed by atoms with Gasteiger partial charge in [0, 0.05) is 12.6 Å². The Morgan fingerprint density at radius 2 is 1.67 bits per heavy atom. The molecule has 3 aromatic rings. The largest absolute Gasteiger partial charge is 0.351 e. The van der Waals surface area contributed by atoms with Gasteiger partial charge in [-0.2, -0.15) is 0 Å². The van der Waals surface area contributed by atoms with E-state index in [2.05, 4.69) is 5.32 Å². The summed E-state index contributed by atoms with van der Waals surface area (Å²) < 4.78 is 13.8. The molecule has 0 spiro atoms. The second kappa shape index (κ2) is 10.4. The number of carbonyl (C=O) groups is 2. The highest BCUT2D eigenvalue weighted by atomic mass is 19.1. The predicted octanol–water partition coefficient (Wildman–Crippen LogP) is 5.73. The third kappa shape index (κ3) is 5.08. The van der Waals surface area contributed by atoms with E-state index >= 15 is 0 Å². The molecule has 0 bridgehead atoms. The lowest BCUT2D eigenvalue weighted by Crippen LogP contribution is -2.55. The zero-order valence-electron chi connectivity index (χ0n) is 20.4. The average molecular weight is 484 g/mol. The molecule has 1 heterocycles. The highest BCUT2D eigenvalue weighted by Gasteiger charge is 2.39. The second-order valence-electron chi connectivity index (χ2n) is 9.69. The molecule has 1 N–H and O–H groups in total. The molecule has 0 saturated heterocycles. The minimum absolute atomic E-state index is 0.0719. The van der Waals surface area contributed by atoms with E-state index < -0.39 is 6.04 Å². The van der Waals surface area contributed by atoms with Crippen molar-refractivity contribution in [2.24, 2.45) is 4.99 Å². The van der Waals surface area contributed by atoms with E-state index in [0.29, 0.717) is 22.5 Å². The van der Waals surface area contributed by atoms with Crippen LogP contribution >= 0.6 is 0 Å². The summed E-state index contributed by atoms with van der Waals surface area (Å²) in [6, 6.07) is 20.2. The molecule has 36 heavy (non-hydrogen) atoms. The molecular formula is C30H30FN3O2. The Labute approximate surface area is 211 Å². The molecule has 6 heteroatoms. The number of amides is 2. The zero-order chi connectivity index (χ0) is 25.1. The first-order chi connectivity index (χ1) is 17.5. The maximum absolute atomic E-state index is 14.0. The Balaban J connectivity index is 1.62. The summed E-state index contributed by atoms with van der Waals surface area (Å²) in [5.74, 6) is -0.877. The molecule has 1 aliphatic heterocycles. The molecule has 0 unspecified atom stereocenters. The third-order valence-corrected chi connectivity index (χ3v) is 7.02. The van der Waals surface area contributed by atoms with Crippen LogP contribution in [0.5, 0.6) is 0 Å². The Kier molecular flexibility index (Phi) is 6.94. The number of fused-ring (bicyclic) bond motifs is 1. The summed E-state index contributed by atoms with van der Waals surface area (Å²) in [7, 11) is 0. The molecular weight excluding hydrogens is 453 g/mol. The van der Waals surface area contributed by atoms with Gasteiger partial charge in [0.15, 0.2) is 6.04 Å². The molecule has 0 aromatic heterocycles. The lowest BCUT2D eigenvalue weighted by atomic mass is 9.94. The molecule has 1 saturated carbocycles. The number of nitrogens with one attached hydrogen (secondary N) is 1. The first-order valence-electron chi connectivity index (χ1n) is 12.6. The Morgan fingerprint density at radius 1 is 0.972 bits per heavy atom. The number of hydrogen-bond donors (Lipinski definition) is 1.